The minimum Gasteiger partial charge on any atom is -0.329 e. The van der Waals surface area contributed by atoms with Crippen molar-refractivity contribution >= 4 is 55.5 Å². The van der Waals surface area contributed by atoms with E-state index in [0.29, 0.717) is 0 Å². The van der Waals surface area contributed by atoms with Crippen LogP contribution in [0.1, 0.15) is 47.4 Å². The van der Waals surface area contributed by atoms with Crippen molar-refractivity contribution in [1.82, 2.24) is 14.6 Å². The molecule has 1 aromatic heterocycles. The second-order valence-electron chi connectivity index (χ2n) is 18.4. The van der Waals surface area contributed by atoms with Crippen molar-refractivity contribution in [3.8, 4) is 22.3 Å². The first-order chi connectivity index (χ1) is 33.1. The Morgan fingerprint density at radius 2 is 1.07 bits per heavy atom. The number of anilines is 2. The predicted octanol–water partition coefficient (Wildman–Crippen LogP) is 15.1. The van der Waals surface area contributed by atoms with E-state index in [0.717, 1.165) is 22.6 Å². The number of rotatable bonds is 7. The van der Waals surface area contributed by atoms with E-state index in [1.54, 1.807) is 0 Å². The number of benzene rings is 9. The van der Waals surface area contributed by atoms with Crippen LogP contribution in [-0.2, 0) is 0 Å². The number of nitrogens with zero attached hydrogens (tertiary/aromatic N) is 5. The second kappa shape index (κ2) is 14.6. The molecule has 67 heavy (non-hydrogen) atoms. The van der Waals surface area contributed by atoms with Crippen molar-refractivity contribution in [2.75, 3.05) is 4.90 Å². The van der Waals surface area contributed by atoms with Gasteiger partial charge in [-0.15, -0.1) is 0 Å². The zero-order valence-electron chi connectivity index (χ0n) is 37.0. The molecular weight excluding hydrogens is 815 g/mol. The summed E-state index contributed by atoms with van der Waals surface area (Å²) in [6, 6.07) is 79.8. The largest absolute Gasteiger partial charge is 0.329 e. The highest BCUT2D eigenvalue weighted by molar-refractivity contribution is 6.11. The minimum absolute atomic E-state index is 0.0529. The summed E-state index contributed by atoms with van der Waals surface area (Å²) in [4.78, 5) is 8.23. The number of amidine groups is 1. The van der Waals surface area contributed by atoms with Crippen molar-refractivity contribution in [2.45, 2.75) is 30.7 Å². The molecule has 10 aromatic rings. The predicted molar refractivity (Wildman–Crippen MR) is 276 cm³/mol. The molecule has 4 heterocycles. The quantitative estimate of drug-likeness (QED) is 0.149. The topological polar surface area (TPSA) is 26.5 Å². The van der Waals surface area contributed by atoms with Gasteiger partial charge in [0.05, 0.1) is 16.6 Å². The maximum absolute atomic E-state index is 5.60. The number of aromatic nitrogens is 1. The lowest BCUT2D eigenvalue weighted by atomic mass is 9.77. The molecule has 1 fully saturated rings. The Balaban J connectivity index is 0.897. The van der Waals surface area contributed by atoms with Crippen LogP contribution in [0.15, 0.2) is 242 Å². The Hall–Kier alpha value is -8.25. The lowest BCUT2D eigenvalue weighted by Crippen LogP contribution is -2.46. The molecule has 3 aliphatic heterocycles. The van der Waals surface area contributed by atoms with Crippen LogP contribution >= 0.6 is 0 Å². The van der Waals surface area contributed by atoms with Gasteiger partial charge in [-0.1, -0.05) is 194 Å². The minimum atomic E-state index is -0.464. The second-order valence-corrected chi connectivity index (χ2v) is 18.4. The van der Waals surface area contributed by atoms with E-state index in [2.05, 4.69) is 263 Å². The summed E-state index contributed by atoms with van der Waals surface area (Å²) < 4.78 is 2.53. The molecule has 5 unspecified atom stereocenters. The molecule has 0 spiro atoms. The molecule has 14 rings (SSSR count). The molecule has 0 bridgehead atoms. The third-order valence-corrected chi connectivity index (χ3v) is 14.8. The van der Waals surface area contributed by atoms with Crippen molar-refractivity contribution in [2.24, 2.45) is 4.99 Å². The fourth-order valence-electron chi connectivity index (χ4n) is 11.7. The van der Waals surface area contributed by atoms with Gasteiger partial charge >= 0.3 is 0 Å². The first-order valence-electron chi connectivity index (χ1n) is 23.4. The first kappa shape index (κ1) is 38.1. The van der Waals surface area contributed by atoms with Gasteiger partial charge in [-0.3, -0.25) is 5.01 Å². The fraction of sp³-hybridized carbons (Fsp3) is 0.0806. The lowest BCUT2D eigenvalue weighted by Gasteiger charge is -2.44. The zero-order valence-corrected chi connectivity index (χ0v) is 37.0. The summed E-state index contributed by atoms with van der Waals surface area (Å²) in [5, 5.41) is 9.89. The van der Waals surface area contributed by atoms with Crippen LogP contribution in [0.5, 0.6) is 0 Å². The molecule has 0 radical (unpaired) electrons. The number of hydrogen-bond acceptors (Lipinski definition) is 4. The van der Waals surface area contributed by atoms with Crippen molar-refractivity contribution in [3.05, 3.63) is 259 Å². The molecule has 5 heteroatoms. The maximum Gasteiger partial charge on any atom is 0.150 e. The number of aliphatic imine (C=N–C) groups is 1. The number of para-hydroxylation sites is 2. The Bertz CT molecular complexity index is 3630. The molecule has 9 aromatic carbocycles. The van der Waals surface area contributed by atoms with Gasteiger partial charge in [-0.05, 0) is 99.1 Å². The van der Waals surface area contributed by atoms with Crippen LogP contribution in [0.3, 0.4) is 0 Å². The van der Waals surface area contributed by atoms with Crippen molar-refractivity contribution in [1.29, 1.82) is 0 Å². The molecule has 1 saturated heterocycles. The summed E-state index contributed by atoms with van der Waals surface area (Å²) in [7, 11) is 0. The molecule has 5 atom stereocenters. The van der Waals surface area contributed by atoms with E-state index in [1.165, 1.54) is 77.3 Å². The Kier molecular flexibility index (Phi) is 8.31. The van der Waals surface area contributed by atoms with Gasteiger partial charge in [-0.2, -0.15) is 5.01 Å². The fourth-order valence-corrected chi connectivity index (χ4v) is 11.7. The Labute approximate surface area is 390 Å². The van der Waals surface area contributed by atoms with E-state index < -0.39 is 5.54 Å². The molecule has 318 valence electrons. The van der Waals surface area contributed by atoms with E-state index in [4.69, 9.17) is 4.99 Å². The van der Waals surface area contributed by atoms with Crippen molar-refractivity contribution < 1.29 is 0 Å². The van der Waals surface area contributed by atoms with Crippen LogP contribution in [-0.4, -0.2) is 26.0 Å². The highest BCUT2D eigenvalue weighted by Gasteiger charge is 2.58. The van der Waals surface area contributed by atoms with Gasteiger partial charge in [0.15, 0.2) is 0 Å². The van der Waals surface area contributed by atoms with Gasteiger partial charge < -0.3 is 9.47 Å². The Morgan fingerprint density at radius 1 is 0.507 bits per heavy atom. The van der Waals surface area contributed by atoms with Crippen LogP contribution in [0.4, 0.5) is 11.4 Å². The van der Waals surface area contributed by atoms with Gasteiger partial charge in [0.1, 0.15) is 18.2 Å². The standard InChI is InChI=1S/C62H45N5/c1-62-54(27-16-30-58(62)64-55-28-14-12-24-50(55)51-25-13-15-29-56(51)64)53-39-46-21-8-9-22-47(46)40-57(53)65(62)48-37-35-44(36-38-48)59-63-60(52-26-11-10-23-49(52)43-19-6-3-7-20-43)67-61(66(59)67)45-33-31-42(32-34-45)41-17-4-2-5-18-41/h2-40,54,59,61H,1H3. The maximum atomic E-state index is 5.60. The SMILES string of the molecule is CC12C(n3c4ccccc4c4ccccc43)=CC=CC1c1cc3ccccc3cc1N2c1ccc(C2N=C(c3ccccc3-c3ccccc3)N3C(c4ccc(-c5ccccc5)cc4)N23)cc1. The summed E-state index contributed by atoms with van der Waals surface area (Å²) in [5.74, 6) is 1.11. The molecule has 4 aliphatic rings. The van der Waals surface area contributed by atoms with Crippen LogP contribution in [0.25, 0.3) is 60.5 Å². The first-order valence-corrected chi connectivity index (χ1v) is 23.4. The number of hydrazine groups is 1. The van der Waals surface area contributed by atoms with Gasteiger partial charge in [0.2, 0.25) is 0 Å². The summed E-state index contributed by atoms with van der Waals surface area (Å²) in [6.07, 6.45) is 6.91. The van der Waals surface area contributed by atoms with Gasteiger partial charge in [-0.25, -0.2) is 4.99 Å². The molecule has 5 nitrogen and oxygen atoms in total. The Morgan fingerprint density at radius 3 is 1.78 bits per heavy atom. The number of fused-ring (bicyclic) bond motifs is 8. The van der Waals surface area contributed by atoms with E-state index in [1.807, 2.05) is 0 Å². The van der Waals surface area contributed by atoms with Crippen molar-refractivity contribution in [3.63, 3.8) is 0 Å². The van der Waals surface area contributed by atoms with E-state index in [9.17, 15) is 0 Å². The summed E-state index contributed by atoms with van der Waals surface area (Å²) in [6.45, 7) is 2.45. The zero-order chi connectivity index (χ0) is 44.2. The highest BCUT2D eigenvalue weighted by atomic mass is 15.9. The number of allylic oxidation sites excluding steroid dienone is 2. The summed E-state index contributed by atoms with van der Waals surface area (Å²) in [5.41, 5.74) is 15.3. The average Bonchev–Trinajstić information content (AvgIpc) is 3.71. The van der Waals surface area contributed by atoms with Crippen LogP contribution in [0.2, 0.25) is 0 Å². The molecular formula is C62H45N5. The summed E-state index contributed by atoms with van der Waals surface area (Å²) >= 11 is 0. The third kappa shape index (κ3) is 5.68. The molecule has 0 saturated carbocycles. The average molecular weight is 860 g/mol. The monoisotopic (exact) mass is 859 g/mol. The van der Waals surface area contributed by atoms with Gasteiger partial charge in [0, 0.05) is 39.3 Å². The van der Waals surface area contributed by atoms with Crippen LogP contribution in [0, 0.1) is 0 Å². The van der Waals surface area contributed by atoms with Crippen LogP contribution < -0.4 is 4.90 Å². The molecule has 0 amide bonds. The third-order valence-electron chi connectivity index (χ3n) is 14.8. The van der Waals surface area contributed by atoms with Gasteiger partial charge in [0.25, 0.3) is 0 Å². The highest BCUT2D eigenvalue weighted by Crippen LogP contribution is 2.60. The van der Waals surface area contributed by atoms with E-state index >= 15 is 0 Å². The number of hydrogen-bond donors (Lipinski definition) is 0. The van der Waals surface area contributed by atoms with E-state index in [-0.39, 0.29) is 18.2 Å². The smallest absolute Gasteiger partial charge is 0.150 e. The lowest BCUT2D eigenvalue weighted by molar-refractivity contribution is 0.341. The normalized spacial score (nSPS) is 21.3. The molecule has 1 aliphatic carbocycles. The molecule has 0 N–H and O–H groups in total.